The van der Waals surface area contributed by atoms with E-state index in [1.54, 1.807) is 0 Å². The summed E-state index contributed by atoms with van der Waals surface area (Å²) in [5.41, 5.74) is 0.315. The summed E-state index contributed by atoms with van der Waals surface area (Å²) in [6, 6.07) is 0. The van der Waals surface area contributed by atoms with Gasteiger partial charge in [-0.25, -0.2) is 0 Å². The van der Waals surface area contributed by atoms with Gasteiger partial charge in [0, 0.05) is 12.7 Å². The molecule has 1 heterocycles. The predicted molar refractivity (Wildman–Crippen MR) is 54.4 cm³/mol. The van der Waals surface area contributed by atoms with E-state index in [-0.39, 0.29) is 0 Å². The molecule has 0 radical (unpaired) electrons. The molecule has 0 saturated carbocycles. The third kappa shape index (κ3) is 3.22. The average Bonchev–Trinajstić information content (AvgIpc) is 2.10. The van der Waals surface area contributed by atoms with Gasteiger partial charge in [0.25, 0.3) is 0 Å². The molecular weight excluding hydrogens is 251 g/mol. The fourth-order valence-corrected chi connectivity index (χ4v) is 1.36. The monoisotopic (exact) mass is 264 g/mol. The molecule has 1 aromatic rings. The van der Waals surface area contributed by atoms with E-state index in [4.69, 9.17) is 0 Å². The Kier molecular flexibility index (Phi) is 2.57. The van der Waals surface area contributed by atoms with Crippen LogP contribution in [0.25, 0.3) is 0 Å². The topological polar surface area (TPSA) is 17.8 Å². The predicted octanol–water partition coefficient (Wildman–Crippen LogP) is 2.53. The fourth-order valence-electron chi connectivity index (χ4n) is 0.911. The Bertz CT molecular complexity index is 234. The van der Waals surface area contributed by atoms with Gasteiger partial charge >= 0.3 is 0 Å². The van der Waals surface area contributed by atoms with E-state index in [1.165, 1.54) is 3.57 Å². The molecule has 0 amide bonds. The largest absolute Gasteiger partial charge is 0.271 e. The van der Waals surface area contributed by atoms with Crippen LogP contribution in [-0.4, -0.2) is 9.78 Å². The van der Waals surface area contributed by atoms with Crippen molar-refractivity contribution >= 4 is 22.6 Å². The second kappa shape index (κ2) is 3.13. The quantitative estimate of drug-likeness (QED) is 0.713. The maximum atomic E-state index is 4.21. The molecule has 0 atom stereocenters. The molecule has 0 aromatic carbocycles. The lowest BCUT2D eigenvalue weighted by Crippen LogP contribution is -2.15. The first-order valence-corrected chi connectivity index (χ1v) is 4.73. The Morgan fingerprint density at radius 1 is 1.55 bits per heavy atom. The van der Waals surface area contributed by atoms with Crippen molar-refractivity contribution in [2.24, 2.45) is 5.41 Å². The van der Waals surface area contributed by atoms with Crippen LogP contribution in [0.15, 0.2) is 12.4 Å². The zero-order chi connectivity index (χ0) is 8.48. The van der Waals surface area contributed by atoms with E-state index in [2.05, 4.69) is 54.7 Å². The Morgan fingerprint density at radius 2 is 2.18 bits per heavy atom. The summed E-state index contributed by atoms with van der Waals surface area (Å²) in [5.74, 6) is 0. The van der Waals surface area contributed by atoms with Gasteiger partial charge in [-0.3, -0.25) is 4.68 Å². The minimum Gasteiger partial charge on any atom is -0.271 e. The van der Waals surface area contributed by atoms with E-state index in [0.29, 0.717) is 5.41 Å². The third-order valence-electron chi connectivity index (χ3n) is 1.24. The van der Waals surface area contributed by atoms with Gasteiger partial charge in [0.1, 0.15) is 0 Å². The Morgan fingerprint density at radius 3 is 2.55 bits per heavy atom. The van der Waals surface area contributed by atoms with E-state index in [0.717, 1.165) is 6.54 Å². The van der Waals surface area contributed by atoms with Gasteiger partial charge < -0.3 is 0 Å². The average molecular weight is 264 g/mol. The molecule has 0 N–H and O–H groups in total. The summed E-state index contributed by atoms with van der Waals surface area (Å²) in [6.45, 7) is 7.61. The molecule has 0 fully saturated rings. The molecule has 0 bridgehead atoms. The lowest BCUT2D eigenvalue weighted by atomic mass is 9.97. The number of nitrogens with zero attached hydrogens (tertiary/aromatic N) is 2. The van der Waals surface area contributed by atoms with Crippen molar-refractivity contribution in [2.45, 2.75) is 27.3 Å². The molecule has 1 rings (SSSR count). The highest BCUT2D eigenvalue weighted by Gasteiger charge is 2.11. The normalized spacial score (nSPS) is 12.0. The van der Waals surface area contributed by atoms with Crippen LogP contribution in [0.3, 0.4) is 0 Å². The Balaban J connectivity index is 2.65. The SMILES string of the molecule is CC(C)(C)Cn1cc(I)cn1. The van der Waals surface area contributed by atoms with E-state index < -0.39 is 0 Å². The number of rotatable bonds is 1. The van der Waals surface area contributed by atoms with Gasteiger partial charge in [0.05, 0.1) is 9.77 Å². The number of hydrogen-bond acceptors (Lipinski definition) is 1. The maximum Gasteiger partial charge on any atom is 0.0623 e. The zero-order valence-corrected chi connectivity index (χ0v) is 9.29. The van der Waals surface area contributed by atoms with E-state index >= 15 is 0 Å². The van der Waals surface area contributed by atoms with Crippen LogP contribution in [0, 0.1) is 8.99 Å². The fraction of sp³-hybridized carbons (Fsp3) is 0.625. The second-order valence-electron chi connectivity index (χ2n) is 3.92. The van der Waals surface area contributed by atoms with Gasteiger partial charge in [0.2, 0.25) is 0 Å². The second-order valence-corrected chi connectivity index (χ2v) is 5.16. The molecule has 11 heavy (non-hydrogen) atoms. The Labute approximate surface area is 81.1 Å². The molecule has 62 valence electrons. The molecule has 3 heteroatoms. The lowest BCUT2D eigenvalue weighted by molar-refractivity contribution is 0.325. The highest BCUT2D eigenvalue weighted by molar-refractivity contribution is 14.1. The first-order valence-electron chi connectivity index (χ1n) is 3.65. The summed E-state index contributed by atoms with van der Waals surface area (Å²) in [6.07, 6.45) is 3.94. The molecule has 0 saturated heterocycles. The summed E-state index contributed by atoms with van der Waals surface area (Å²) in [5, 5.41) is 4.21. The van der Waals surface area contributed by atoms with Crippen LogP contribution in [0.2, 0.25) is 0 Å². The van der Waals surface area contributed by atoms with Crippen LogP contribution in [0.5, 0.6) is 0 Å². The van der Waals surface area contributed by atoms with Gasteiger partial charge in [-0.1, -0.05) is 20.8 Å². The minimum atomic E-state index is 0.315. The summed E-state index contributed by atoms with van der Waals surface area (Å²) < 4.78 is 3.19. The van der Waals surface area contributed by atoms with Crippen molar-refractivity contribution in [2.75, 3.05) is 0 Å². The smallest absolute Gasteiger partial charge is 0.0623 e. The van der Waals surface area contributed by atoms with Gasteiger partial charge in [-0.2, -0.15) is 5.10 Å². The van der Waals surface area contributed by atoms with Crippen molar-refractivity contribution in [1.82, 2.24) is 9.78 Å². The van der Waals surface area contributed by atoms with Crippen molar-refractivity contribution < 1.29 is 0 Å². The van der Waals surface area contributed by atoms with Crippen LogP contribution in [0.1, 0.15) is 20.8 Å². The third-order valence-corrected chi connectivity index (χ3v) is 1.80. The molecule has 0 aliphatic heterocycles. The Hall–Kier alpha value is -0.0600. The summed E-state index contributed by atoms with van der Waals surface area (Å²) in [4.78, 5) is 0. The van der Waals surface area contributed by atoms with E-state index in [1.807, 2.05) is 10.9 Å². The minimum absolute atomic E-state index is 0.315. The number of halogens is 1. The van der Waals surface area contributed by atoms with Gasteiger partial charge in [0.15, 0.2) is 0 Å². The maximum absolute atomic E-state index is 4.21. The van der Waals surface area contributed by atoms with Crippen molar-refractivity contribution in [1.29, 1.82) is 0 Å². The lowest BCUT2D eigenvalue weighted by Gasteiger charge is -2.17. The highest BCUT2D eigenvalue weighted by Crippen LogP contribution is 2.16. The van der Waals surface area contributed by atoms with Crippen LogP contribution < -0.4 is 0 Å². The molecule has 0 aliphatic carbocycles. The molecule has 0 aliphatic rings. The molecule has 0 spiro atoms. The first-order chi connectivity index (χ1) is 4.97. The molecule has 0 unspecified atom stereocenters. The van der Waals surface area contributed by atoms with Crippen molar-refractivity contribution in [3.63, 3.8) is 0 Å². The van der Waals surface area contributed by atoms with Crippen molar-refractivity contribution in [3.05, 3.63) is 16.0 Å². The van der Waals surface area contributed by atoms with E-state index in [9.17, 15) is 0 Å². The van der Waals surface area contributed by atoms with Crippen LogP contribution in [0.4, 0.5) is 0 Å². The van der Waals surface area contributed by atoms with Crippen LogP contribution in [-0.2, 0) is 6.54 Å². The number of hydrogen-bond donors (Lipinski definition) is 0. The first kappa shape index (κ1) is 9.03. The zero-order valence-electron chi connectivity index (χ0n) is 7.13. The standard InChI is InChI=1S/C8H13IN2/c1-8(2,3)6-11-5-7(9)4-10-11/h4-5H,6H2,1-3H3. The van der Waals surface area contributed by atoms with Gasteiger partial charge in [-0.05, 0) is 28.0 Å². The highest BCUT2D eigenvalue weighted by atomic mass is 127. The van der Waals surface area contributed by atoms with Crippen LogP contribution >= 0.6 is 22.6 Å². The summed E-state index contributed by atoms with van der Waals surface area (Å²) >= 11 is 2.27. The molecule has 2 nitrogen and oxygen atoms in total. The molecular formula is C8H13IN2. The van der Waals surface area contributed by atoms with Crippen molar-refractivity contribution in [3.8, 4) is 0 Å². The van der Waals surface area contributed by atoms with Gasteiger partial charge in [-0.15, -0.1) is 0 Å². The number of aromatic nitrogens is 2. The molecule has 1 aromatic heterocycles. The summed E-state index contributed by atoms with van der Waals surface area (Å²) in [7, 11) is 0.